The van der Waals surface area contributed by atoms with Crippen LogP contribution in [0.3, 0.4) is 0 Å². The van der Waals surface area contributed by atoms with E-state index in [4.69, 9.17) is 22.0 Å². The monoisotopic (exact) mass is 255 g/mol. The first kappa shape index (κ1) is 12.9. The first-order valence-electron chi connectivity index (χ1n) is 4.60. The maximum absolute atomic E-state index is 10.6. The van der Waals surface area contributed by atoms with E-state index in [2.05, 4.69) is 0 Å². The van der Waals surface area contributed by atoms with E-state index >= 15 is 0 Å². The summed E-state index contributed by atoms with van der Waals surface area (Å²) in [6.07, 6.45) is 0. The van der Waals surface area contributed by atoms with Gasteiger partial charge in [0.05, 0.1) is 22.6 Å². The lowest BCUT2D eigenvalue weighted by molar-refractivity contribution is -0.140. The van der Waals surface area contributed by atoms with Crippen LogP contribution in [0.5, 0.6) is 0 Å². The maximum atomic E-state index is 10.6. The predicted octanol–water partition coefficient (Wildman–Crippen LogP) is 3.02. The average molecular weight is 256 g/mol. The number of benzene rings is 1. The lowest BCUT2D eigenvalue weighted by atomic mass is 10.2. The van der Waals surface area contributed by atoms with Crippen LogP contribution in [0, 0.1) is 17.2 Å². The number of thioether (sulfide) groups is 1. The van der Waals surface area contributed by atoms with Crippen molar-refractivity contribution in [2.24, 2.45) is 5.92 Å². The standard InChI is InChI=1S/C11H10ClNO2S/c1-7(11(14)15)6-16-10-3-2-8(5-13)4-9(10)12/h2-4,7H,6H2,1H3,(H,14,15). The summed E-state index contributed by atoms with van der Waals surface area (Å²) < 4.78 is 0. The fraction of sp³-hybridized carbons (Fsp3) is 0.273. The van der Waals surface area contributed by atoms with E-state index in [0.29, 0.717) is 16.3 Å². The molecule has 0 spiro atoms. The zero-order valence-corrected chi connectivity index (χ0v) is 10.2. The number of carboxylic acids is 1. The van der Waals surface area contributed by atoms with E-state index in [1.165, 1.54) is 11.8 Å². The molecule has 1 rings (SSSR count). The molecule has 0 bridgehead atoms. The number of aliphatic carboxylic acids is 1. The average Bonchev–Trinajstić information content (AvgIpc) is 2.26. The largest absolute Gasteiger partial charge is 0.481 e. The van der Waals surface area contributed by atoms with Crippen molar-refractivity contribution in [3.05, 3.63) is 28.8 Å². The molecule has 0 fully saturated rings. The zero-order chi connectivity index (χ0) is 12.1. The topological polar surface area (TPSA) is 61.1 Å². The van der Waals surface area contributed by atoms with Gasteiger partial charge in [-0.1, -0.05) is 18.5 Å². The van der Waals surface area contributed by atoms with Crippen LogP contribution in [-0.2, 0) is 4.79 Å². The fourth-order valence-electron chi connectivity index (χ4n) is 0.974. The fourth-order valence-corrected chi connectivity index (χ4v) is 2.25. The van der Waals surface area contributed by atoms with Crippen molar-refractivity contribution in [2.75, 3.05) is 5.75 Å². The van der Waals surface area contributed by atoms with Crippen LogP contribution < -0.4 is 0 Å². The quantitative estimate of drug-likeness (QED) is 0.840. The second-order valence-electron chi connectivity index (χ2n) is 3.31. The van der Waals surface area contributed by atoms with Gasteiger partial charge >= 0.3 is 5.97 Å². The van der Waals surface area contributed by atoms with Gasteiger partial charge in [-0.3, -0.25) is 4.79 Å². The minimum Gasteiger partial charge on any atom is -0.481 e. The Hall–Kier alpha value is -1.18. The normalized spacial score (nSPS) is 11.8. The van der Waals surface area contributed by atoms with Crippen LogP contribution in [0.1, 0.15) is 12.5 Å². The molecular formula is C11H10ClNO2S. The first-order chi connectivity index (χ1) is 7.54. The highest BCUT2D eigenvalue weighted by molar-refractivity contribution is 7.99. The molecule has 1 aromatic rings. The van der Waals surface area contributed by atoms with E-state index in [0.717, 1.165) is 4.90 Å². The van der Waals surface area contributed by atoms with E-state index in [-0.39, 0.29) is 0 Å². The highest BCUT2D eigenvalue weighted by Crippen LogP contribution is 2.29. The molecule has 0 aliphatic rings. The van der Waals surface area contributed by atoms with Gasteiger partial charge in [0.1, 0.15) is 0 Å². The minimum absolute atomic E-state index is 0.420. The summed E-state index contributed by atoms with van der Waals surface area (Å²) >= 11 is 7.33. The third kappa shape index (κ3) is 3.44. The van der Waals surface area contributed by atoms with Crippen molar-refractivity contribution in [1.29, 1.82) is 5.26 Å². The molecule has 0 aromatic heterocycles. The van der Waals surface area contributed by atoms with Gasteiger partial charge in [-0.2, -0.15) is 5.26 Å². The van der Waals surface area contributed by atoms with E-state index in [1.807, 2.05) is 6.07 Å². The molecule has 1 unspecified atom stereocenters. The molecule has 3 nitrogen and oxygen atoms in total. The summed E-state index contributed by atoms with van der Waals surface area (Å²) in [6, 6.07) is 6.97. The Bertz CT molecular complexity index is 442. The molecule has 0 aliphatic carbocycles. The van der Waals surface area contributed by atoms with Crippen LogP contribution in [0.15, 0.2) is 23.1 Å². The Morgan fingerprint density at radius 3 is 2.88 bits per heavy atom. The summed E-state index contributed by atoms with van der Waals surface area (Å²) in [5, 5.41) is 17.9. The SMILES string of the molecule is CC(CSc1ccc(C#N)cc1Cl)C(=O)O. The van der Waals surface area contributed by atoms with Gasteiger partial charge in [-0.25, -0.2) is 0 Å². The lowest BCUT2D eigenvalue weighted by Crippen LogP contribution is -2.11. The third-order valence-corrected chi connectivity index (χ3v) is 3.73. The Kier molecular flexibility index (Phi) is 4.66. The molecule has 1 aromatic carbocycles. The molecule has 0 saturated heterocycles. The zero-order valence-electron chi connectivity index (χ0n) is 8.61. The number of nitrogens with zero attached hydrogens (tertiary/aromatic N) is 1. The Morgan fingerprint density at radius 2 is 2.38 bits per heavy atom. The Morgan fingerprint density at radius 1 is 1.69 bits per heavy atom. The molecule has 5 heteroatoms. The first-order valence-corrected chi connectivity index (χ1v) is 5.96. The maximum Gasteiger partial charge on any atom is 0.307 e. The van der Waals surface area contributed by atoms with Crippen LogP contribution in [0.4, 0.5) is 0 Å². The molecule has 0 amide bonds. The Labute approximate surface area is 103 Å². The van der Waals surface area contributed by atoms with Gasteiger partial charge in [0, 0.05) is 10.6 Å². The predicted molar refractivity (Wildman–Crippen MR) is 63.7 cm³/mol. The van der Waals surface area contributed by atoms with Crippen LogP contribution >= 0.6 is 23.4 Å². The van der Waals surface area contributed by atoms with E-state index in [9.17, 15) is 4.79 Å². The van der Waals surface area contributed by atoms with Crippen LogP contribution in [0.25, 0.3) is 0 Å². The van der Waals surface area contributed by atoms with Gasteiger partial charge in [-0.15, -0.1) is 11.8 Å². The molecule has 16 heavy (non-hydrogen) atoms. The lowest BCUT2D eigenvalue weighted by Gasteiger charge is -2.07. The van der Waals surface area contributed by atoms with Gasteiger partial charge < -0.3 is 5.11 Å². The summed E-state index contributed by atoms with van der Waals surface area (Å²) in [4.78, 5) is 11.4. The number of hydrogen-bond acceptors (Lipinski definition) is 3. The van der Waals surface area contributed by atoms with E-state index in [1.54, 1.807) is 25.1 Å². The molecule has 0 radical (unpaired) electrons. The summed E-state index contributed by atoms with van der Waals surface area (Å²) in [6.45, 7) is 1.65. The van der Waals surface area contributed by atoms with Crippen LogP contribution in [0.2, 0.25) is 5.02 Å². The third-order valence-electron chi connectivity index (χ3n) is 1.97. The summed E-state index contributed by atoms with van der Waals surface area (Å²) in [5.74, 6) is -0.782. The minimum atomic E-state index is -0.822. The van der Waals surface area contributed by atoms with Crippen molar-refractivity contribution in [3.63, 3.8) is 0 Å². The number of carboxylic acid groups (broad SMARTS) is 1. The number of rotatable bonds is 4. The van der Waals surface area contributed by atoms with Crippen molar-refractivity contribution in [2.45, 2.75) is 11.8 Å². The summed E-state index contributed by atoms with van der Waals surface area (Å²) in [5.41, 5.74) is 0.501. The number of carbonyl (C=O) groups is 1. The van der Waals surface area contributed by atoms with Crippen molar-refractivity contribution in [1.82, 2.24) is 0 Å². The van der Waals surface area contributed by atoms with Crippen molar-refractivity contribution >= 4 is 29.3 Å². The molecule has 0 saturated carbocycles. The molecule has 0 aliphatic heterocycles. The van der Waals surface area contributed by atoms with Crippen LogP contribution in [-0.4, -0.2) is 16.8 Å². The summed E-state index contributed by atoms with van der Waals surface area (Å²) in [7, 11) is 0. The number of halogens is 1. The molecule has 1 atom stereocenters. The van der Waals surface area contributed by atoms with Crippen molar-refractivity contribution < 1.29 is 9.90 Å². The van der Waals surface area contributed by atoms with Gasteiger partial charge in [0.15, 0.2) is 0 Å². The van der Waals surface area contributed by atoms with Gasteiger partial charge in [0.2, 0.25) is 0 Å². The van der Waals surface area contributed by atoms with E-state index < -0.39 is 11.9 Å². The second kappa shape index (κ2) is 5.78. The molecular weight excluding hydrogens is 246 g/mol. The Balaban J connectivity index is 2.69. The molecule has 1 N–H and O–H groups in total. The number of nitriles is 1. The highest BCUT2D eigenvalue weighted by atomic mass is 35.5. The molecule has 0 heterocycles. The van der Waals surface area contributed by atoms with Crippen molar-refractivity contribution in [3.8, 4) is 6.07 Å². The molecule has 84 valence electrons. The smallest absolute Gasteiger partial charge is 0.307 e. The number of hydrogen-bond donors (Lipinski definition) is 1. The van der Waals surface area contributed by atoms with Gasteiger partial charge in [0.25, 0.3) is 0 Å². The highest BCUT2D eigenvalue weighted by Gasteiger charge is 2.12. The van der Waals surface area contributed by atoms with Gasteiger partial charge in [-0.05, 0) is 18.2 Å². The second-order valence-corrected chi connectivity index (χ2v) is 4.78.